The van der Waals surface area contributed by atoms with Gasteiger partial charge in [0.1, 0.15) is 29.8 Å². The predicted molar refractivity (Wildman–Crippen MR) is 129 cm³/mol. The first-order valence-corrected chi connectivity index (χ1v) is 12.5. The van der Waals surface area contributed by atoms with Crippen LogP contribution in [0.1, 0.15) is 26.2 Å². The highest BCUT2D eigenvalue weighted by Gasteiger charge is 2.75. The van der Waals surface area contributed by atoms with Gasteiger partial charge in [0.25, 0.3) is 5.91 Å². The normalized spacial score (nSPS) is 33.8. The van der Waals surface area contributed by atoms with Crippen molar-refractivity contribution in [3.05, 3.63) is 53.6 Å². The van der Waals surface area contributed by atoms with Crippen molar-refractivity contribution in [3.63, 3.8) is 0 Å². The molecule has 35 heavy (non-hydrogen) atoms. The second-order valence-electron chi connectivity index (χ2n) is 9.42. The van der Waals surface area contributed by atoms with Gasteiger partial charge >= 0.3 is 5.97 Å². The molecule has 186 valence electrons. The van der Waals surface area contributed by atoms with Crippen molar-refractivity contribution in [1.82, 2.24) is 4.90 Å². The third-order valence-corrected chi connectivity index (χ3v) is 7.97. The molecule has 5 atom stereocenters. The minimum absolute atomic E-state index is 0.0178. The summed E-state index contributed by atoms with van der Waals surface area (Å²) in [5.74, 6) is -2.88. The van der Waals surface area contributed by atoms with E-state index in [4.69, 9.17) is 21.1 Å². The van der Waals surface area contributed by atoms with Crippen LogP contribution in [0.15, 0.2) is 48.6 Å². The van der Waals surface area contributed by atoms with E-state index in [9.17, 15) is 19.5 Å². The van der Waals surface area contributed by atoms with Gasteiger partial charge in [0.2, 0.25) is 5.91 Å². The second-order valence-corrected chi connectivity index (χ2v) is 9.83. The highest BCUT2D eigenvalue weighted by Crippen LogP contribution is 2.58. The SMILES string of the molecule is CC[C@]12C=CCOC(=O)[C@H]1[C@H]1C(=O)N(CCCCO)C3C(=O)N(c4ccccc4Cl)CC=C[C@@]31O2. The number of halogens is 1. The zero-order valence-corrected chi connectivity index (χ0v) is 20.3. The molecule has 2 amide bonds. The lowest BCUT2D eigenvalue weighted by atomic mass is 9.73. The summed E-state index contributed by atoms with van der Waals surface area (Å²) in [5, 5.41) is 9.73. The molecule has 2 saturated heterocycles. The van der Waals surface area contributed by atoms with Crippen LogP contribution < -0.4 is 4.90 Å². The molecule has 1 unspecified atom stereocenters. The molecule has 0 aliphatic carbocycles. The first kappa shape index (κ1) is 24.0. The Hall–Kier alpha value is -2.68. The number of aliphatic hydroxyl groups excluding tert-OH is 1. The van der Waals surface area contributed by atoms with E-state index in [1.807, 2.05) is 19.1 Å². The predicted octanol–water partition coefficient (Wildman–Crippen LogP) is 2.49. The van der Waals surface area contributed by atoms with Crippen molar-refractivity contribution in [2.45, 2.75) is 43.4 Å². The number of likely N-dealkylation sites (tertiary alicyclic amines) is 1. The average molecular weight is 501 g/mol. The summed E-state index contributed by atoms with van der Waals surface area (Å²) >= 11 is 6.45. The van der Waals surface area contributed by atoms with E-state index in [1.54, 1.807) is 41.3 Å². The number of cyclic esters (lactones) is 1. The van der Waals surface area contributed by atoms with Gasteiger partial charge in [-0.15, -0.1) is 0 Å². The number of rotatable bonds is 6. The van der Waals surface area contributed by atoms with Gasteiger partial charge in [-0.3, -0.25) is 14.4 Å². The summed E-state index contributed by atoms with van der Waals surface area (Å²) < 4.78 is 12.2. The van der Waals surface area contributed by atoms with Crippen molar-refractivity contribution < 1.29 is 29.0 Å². The molecule has 0 bridgehead atoms. The maximum Gasteiger partial charge on any atom is 0.313 e. The van der Waals surface area contributed by atoms with Crippen molar-refractivity contribution in [2.75, 3.05) is 31.2 Å². The Balaban J connectivity index is 1.65. The number of carbonyl (C=O) groups is 3. The van der Waals surface area contributed by atoms with E-state index in [2.05, 4.69) is 0 Å². The number of carbonyl (C=O) groups excluding carboxylic acids is 3. The smallest absolute Gasteiger partial charge is 0.313 e. The summed E-state index contributed by atoms with van der Waals surface area (Å²) in [6.45, 7) is 2.52. The molecule has 8 nitrogen and oxygen atoms in total. The maximum atomic E-state index is 14.2. The third-order valence-electron chi connectivity index (χ3n) is 7.65. The number of anilines is 1. The molecular formula is C26H29ClN2O6. The topological polar surface area (TPSA) is 96.4 Å². The van der Waals surface area contributed by atoms with Crippen LogP contribution >= 0.6 is 11.6 Å². The van der Waals surface area contributed by atoms with Crippen LogP contribution in [-0.4, -0.2) is 71.3 Å². The Kier molecular flexibility index (Phi) is 6.23. The summed E-state index contributed by atoms with van der Waals surface area (Å²) in [6, 6.07) is 6.09. The molecule has 1 N–H and O–H groups in total. The van der Waals surface area contributed by atoms with Gasteiger partial charge in [-0.05, 0) is 37.5 Å². The largest absolute Gasteiger partial charge is 0.461 e. The van der Waals surface area contributed by atoms with E-state index in [0.717, 1.165) is 0 Å². The van der Waals surface area contributed by atoms with Crippen LogP contribution in [0, 0.1) is 11.8 Å². The lowest BCUT2D eigenvalue weighted by molar-refractivity contribution is -0.157. The second kappa shape index (κ2) is 9.08. The number of unbranched alkanes of at least 4 members (excludes halogenated alkanes) is 1. The molecule has 1 spiro atoms. The summed E-state index contributed by atoms with van der Waals surface area (Å²) in [7, 11) is 0. The number of amides is 2. The Morgan fingerprint density at radius 1 is 1.09 bits per heavy atom. The number of benzene rings is 1. The average Bonchev–Trinajstić information content (AvgIpc) is 3.12. The van der Waals surface area contributed by atoms with E-state index < -0.39 is 35.0 Å². The fourth-order valence-corrected chi connectivity index (χ4v) is 6.35. The number of fused-ring (bicyclic) bond motifs is 2. The first-order valence-electron chi connectivity index (χ1n) is 12.1. The molecule has 2 fully saturated rings. The van der Waals surface area contributed by atoms with Crippen LogP contribution in [0.4, 0.5) is 5.69 Å². The molecule has 4 aliphatic heterocycles. The molecule has 5 rings (SSSR count). The van der Waals surface area contributed by atoms with Crippen molar-refractivity contribution in [3.8, 4) is 0 Å². The highest BCUT2D eigenvalue weighted by molar-refractivity contribution is 6.34. The van der Waals surface area contributed by atoms with Crippen LogP contribution in [0.25, 0.3) is 0 Å². The van der Waals surface area contributed by atoms with Crippen LogP contribution in [0.3, 0.4) is 0 Å². The van der Waals surface area contributed by atoms with Crippen molar-refractivity contribution in [2.24, 2.45) is 11.8 Å². The zero-order chi connectivity index (χ0) is 24.8. The molecule has 9 heteroatoms. The van der Waals surface area contributed by atoms with E-state index in [1.165, 1.54) is 4.90 Å². The Bertz CT molecular complexity index is 1110. The summed E-state index contributed by atoms with van der Waals surface area (Å²) in [6.07, 6.45) is 8.64. The quantitative estimate of drug-likeness (QED) is 0.366. The molecule has 1 aromatic carbocycles. The van der Waals surface area contributed by atoms with Gasteiger partial charge < -0.3 is 24.4 Å². The summed E-state index contributed by atoms with van der Waals surface area (Å²) in [5.41, 5.74) is -1.83. The van der Waals surface area contributed by atoms with Crippen molar-refractivity contribution in [1.29, 1.82) is 0 Å². The molecule has 0 aromatic heterocycles. The molecule has 1 aromatic rings. The van der Waals surface area contributed by atoms with Crippen LogP contribution in [-0.2, 0) is 23.9 Å². The maximum absolute atomic E-state index is 14.2. The lowest BCUT2D eigenvalue weighted by Gasteiger charge is -2.38. The highest BCUT2D eigenvalue weighted by atomic mass is 35.5. The number of para-hydroxylation sites is 1. The molecular weight excluding hydrogens is 472 g/mol. The monoisotopic (exact) mass is 500 g/mol. The Morgan fingerprint density at radius 3 is 2.63 bits per heavy atom. The molecule has 0 saturated carbocycles. The summed E-state index contributed by atoms with van der Waals surface area (Å²) in [4.78, 5) is 44.5. The third kappa shape index (κ3) is 3.53. The van der Waals surface area contributed by atoms with Gasteiger partial charge in [0.05, 0.1) is 16.6 Å². The van der Waals surface area contributed by atoms with Crippen molar-refractivity contribution >= 4 is 35.1 Å². The van der Waals surface area contributed by atoms with Gasteiger partial charge in [0.15, 0.2) is 0 Å². The van der Waals surface area contributed by atoms with Gasteiger partial charge in [-0.25, -0.2) is 0 Å². The molecule has 4 aliphatic rings. The molecule has 0 radical (unpaired) electrons. The first-order chi connectivity index (χ1) is 16.9. The van der Waals surface area contributed by atoms with Crippen LogP contribution in [0.5, 0.6) is 0 Å². The van der Waals surface area contributed by atoms with E-state index in [0.29, 0.717) is 30.0 Å². The van der Waals surface area contributed by atoms with Gasteiger partial charge in [0, 0.05) is 19.7 Å². The number of hydrogen-bond donors (Lipinski definition) is 1. The minimum Gasteiger partial charge on any atom is -0.461 e. The number of hydrogen-bond acceptors (Lipinski definition) is 6. The standard InChI is InChI=1S/C26H29ClN2O6/c1-2-25-11-8-16-34-24(33)20(25)19-22(31)29(13-5-6-15-30)21-23(32)28(14-7-12-26(19,21)35-25)18-10-4-3-9-17(18)27/h3-4,7-12,19-21,30H,2,5-6,13-16H2,1H3/t19-,20+,21?,25-,26-/m0/s1. The Labute approximate surface area is 209 Å². The number of aliphatic hydroxyl groups is 1. The Morgan fingerprint density at radius 2 is 1.89 bits per heavy atom. The minimum atomic E-state index is -1.33. The van der Waals surface area contributed by atoms with Gasteiger partial charge in [-0.2, -0.15) is 0 Å². The van der Waals surface area contributed by atoms with Crippen LogP contribution in [0.2, 0.25) is 5.02 Å². The van der Waals surface area contributed by atoms with E-state index in [-0.39, 0.29) is 38.1 Å². The number of ether oxygens (including phenoxy) is 2. The van der Waals surface area contributed by atoms with E-state index >= 15 is 0 Å². The lowest BCUT2D eigenvalue weighted by Crippen LogP contribution is -2.56. The van der Waals surface area contributed by atoms with Gasteiger partial charge in [-0.1, -0.05) is 48.9 Å². The number of nitrogens with zero attached hydrogens (tertiary/aromatic N) is 2. The molecule has 4 heterocycles. The zero-order valence-electron chi connectivity index (χ0n) is 19.6. The number of esters is 1. The fraction of sp³-hybridized carbons (Fsp3) is 0.500. The fourth-order valence-electron chi connectivity index (χ4n) is 6.12.